The molecular weight excluding hydrogens is 354 g/mol. The van der Waals surface area contributed by atoms with E-state index in [1.807, 2.05) is 24.4 Å². The molecule has 2 heterocycles. The van der Waals surface area contributed by atoms with Gasteiger partial charge in [0.15, 0.2) is 6.61 Å². The number of benzene rings is 1. The predicted octanol–water partition coefficient (Wildman–Crippen LogP) is 1.88. The SMILES string of the molecule is C[C@@H](NC(=O)COC(=O)Cn1cnc2ccccc2c1=O)c1cccs1. The Balaban J connectivity index is 1.55. The fourth-order valence-electron chi connectivity index (χ4n) is 2.44. The fourth-order valence-corrected chi connectivity index (χ4v) is 3.18. The van der Waals surface area contributed by atoms with Crippen molar-refractivity contribution in [2.24, 2.45) is 0 Å². The number of carbonyl (C=O) groups is 2. The van der Waals surface area contributed by atoms with Crippen LogP contribution in [0.4, 0.5) is 0 Å². The van der Waals surface area contributed by atoms with Crippen molar-refractivity contribution in [3.8, 4) is 0 Å². The maximum Gasteiger partial charge on any atom is 0.326 e. The predicted molar refractivity (Wildman–Crippen MR) is 97.8 cm³/mol. The first-order valence-electron chi connectivity index (χ1n) is 7.97. The molecule has 1 atom stereocenters. The number of nitrogens with zero attached hydrogens (tertiary/aromatic N) is 2. The van der Waals surface area contributed by atoms with Crippen molar-refractivity contribution in [3.05, 3.63) is 63.3 Å². The van der Waals surface area contributed by atoms with Crippen molar-refractivity contribution in [3.63, 3.8) is 0 Å². The number of fused-ring (bicyclic) bond motifs is 1. The zero-order valence-corrected chi connectivity index (χ0v) is 14.9. The maximum absolute atomic E-state index is 12.3. The first-order chi connectivity index (χ1) is 12.5. The molecule has 0 aliphatic carbocycles. The quantitative estimate of drug-likeness (QED) is 0.668. The number of nitrogens with one attached hydrogen (secondary N) is 1. The van der Waals surface area contributed by atoms with Gasteiger partial charge < -0.3 is 10.1 Å². The molecule has 1 aromatic carbocycles. The third-order valence-electron chi connectivity index (χ3n) is 3.74. The molecule has 7 nitrogen and oxygen atoms in total. The summed E-state index contributed by atoms with van der Waals surface area (Å²) in [6.45, 7) is 1.15. The van der Waals surface area contributed by atoms with E-state index in [2.05, 4.69) is 10.3 Å². The third-order valence-corrected chi connectivity index (χ3v) is 4.80. The number of ether oxygens (including phenoxy) is 1. The number of amides is 1. The summed E-state index contributed by atoms with van der Waals surface area (Å²) in [5, 5.41) is 5.10. The van der Waals surface area contributed by atoms with Crippen molar-refractivity contribution in [1.82, 2.24) is 14.9 Å². The molecule has 0 saturated heterocycles. The molecule has 3 aromatic rings. The molecular formula is C18H17N3O4S. The molecule has 2 aromatic heterocycles. The second-order valence-corrected chi connectivity index (χ2v) is 6.64. The minimum atomic E-state index is -0.678. The van der Waals surface area contributed by atoms with Crippen LogP contribution in [-0.4, -0.2) is 28.0 Å². The number of hydrogen-bond donors (Lipinski definition) is 1. The number of thiophene rings is 1. The summed E-state index contributed by atoms with van der Waals surface area (Å²) in [6, 6.07) is 10.5. The molecule has 0 fully saturated rings. The molecule has 1 amide bonds. The zero-order chi connectivity index (χ0) is 18.5. The number of hydrogen-bond acceptors (Lipinski definition) is 6. The van der Waals surface area contributed by atoms with Gasteiger partial charge in [-0.15, -0.1) is 11.3 Å². The van der Waals surface area contributed by atoms with Gasteiger partial charge in [0.2, 0.25) is 0 Å². The minimum absolute atomic E-state index is 0.159. The molecule has 0 saturated carbocycles. The topological polar surface area (TPSA) is 90.3 Å². The normalized spacial score (nSPS) is 11.9. The van der Waals surface area contributed by atoms with Gasteiger partial charge in [-0.25, -0.2) is 4.98 Å². The van der Waals surface area contributed by atoms with Gasteiger partial charge in [-0.05, 0) is 30.5 Å². The number of carbonyl (C=O) groups excluding carboxylic acids is 2. The molecule has 1 N–H and O–H groups in total. The molecule has 3 rings (SSSR count). The smallest absolute Gasteiger partial charge is 0.326 e. The van der Waals surface area contributed by atoms with Crippen molar-refractivity contribution >= 4 is 34.1 Å². The van der Waals surface area contributed by atoms with Crippen molar-refractivity contribution < 1.29 is 14.3 Å². The van der Waals surface area contributed by atoms with Crippen LogP contribution in [0.2, 0.25) is 0 Å². The lowest BCUT2D eigenvalue weighted by Crippen LogP contribution is -2.32. The highest BCUT2D eigenvalue weighted by Crippen LogP contribution is 2.17. The maximum atomic E-state index is 12.3. The molecule has 0 spiro atoms. The fraction of sp³-hybridized carbons (Fsp3) is 0.222. The Hall–Kier alpha value is -3.00. The van der Waals surface area contributed by atoms with Crippen molar-refractivity contribution in [2.75, 3.05) is 6.61 Å². The molecule has 0 aliphatic heterocycles. The molecule has 134 valence electrons. The first kappa shape index (κ1) is 17.8. The summed E-state index contributed by atoms with van der Waals surface area (Å²) in [6.07, 6.45) is 1.30. The van der Waals surface area contributed by atoms with E-state index < -0.39 is 18.5 Å². The lowest BCUT2D eigenvalue weighted by molar-refractivity contribution is -0.149. The van der Waals surface area contributed by atoms with Crippen LogP contribution in [0.15, 0.2) is 52.9 Å². The van der Waals surface area contributed by atoms with Crippen molar-refractivity contribution in [2.45, 2.75) is 19.5 Å². The monoisotopic (exact) mass is 371 g/mol. The average molecular weight is 371 g/mol. The van der Waals surface area contributed by atoms with Gasteiger partial charge in [-0.3, -0.25) is 19.0 Å². The minimum Gasteiger partial charge on any atom is -0.454 e. The van der Waals surface area contributed by atoms with Crippen LogP contribution < -0.4 is 10.9 Å². The zero-order valence-electron chi connectivity index (χ0n) is 14.0. The lowest BCUT2D eigenvalue weighted by atomic mass is 10.2. The van der Waals surface area contributed by atoms with E-state index in [0.29, 0.717) is 10.9 Å². The highest BCUT2D eigenvalue weighted by Gasteiger charge is 2.14. The van der Waals surface area contributed by atoms with E-state index in [-0.39, 0.29) is 18.1 Å². The Morgan fingerprint density at radius 1 is 1.27 bits per heavy atom. The molecule has 0 unspecified atom stereocenters. The van der Waals surface area contributed by atoms with Crippen LogP contribution >= 0.6 is 11.3 Å². The number of para-hydroxylation sites is 1. The summed E-state index contributed by atoms with van der Waals surface area (Å²) in [5.41, 5.74) is 0.229. The molecule has 8 heteroatoms. The molecule has 0 radical (unpaired) electrons. The summed E-state index contributed by atoms with van der Waals surface area (Å²) in [4.78, 5) is 41.3. The van der Waals surface area contributed by atoms with E-state index in [4.69, 9.17) is 4.74 Å². The van der Waals surface area contributed by atoms with Gasteiger partial charge in [-0.2, -0.15) is 0 Å². The van der Waals surface area contributed by atoms with Gasteiger partial charge in [0.25, 0.3) is 11.5 Å². The second-order valence-electron chi connectivity index (χ2n) is 5.66. The van der Waals surface area contributed by atoms with E-state index >= 15 is 0 Å². The Morgan fingerprint density at radius 2 is 2.08 bits per heavy atom. The standard InChI is InChI=1S/C18H17N3O4S/c1-12(15-7-4-8-26-15)20-16(22)10-25-17(23)9-21-11-19-14-6-3-2-5-13(14)18(21)24/h2-8,11-12H,9-10H2,1H3,(H,20,22)/t12-/m1/s1. The van der Waals surface area contributed by atoms with E-state index in [0.717, 1.165) is 9.44 Å². The Morgan fingerprint density at radius 3 is 2.85 bits per heavy atom. The average Bonchev–Trinajstić information content (AvgIpc) is 3.17. The van der Waals surface area contributed by atoms with E-state index in [9.17, 15) is 14.4 Å². The summed E-state index contributed by atoms with van der Waals surface area (Å²) >= 11 is 1.53. The number of esters is 1. The molecule has 26 heavy (non-hydrogen) atoms. The Bertz CT molecular complexity index is 982. The molecule has 0 bridgehead atoms. The largest absolute Gasteiger partial charge is 0.454 e. The molecule has 0 aliphatic rings. The van der Waals surface area contributed by atoms with Gasteiger partial charge in [0.05, 0.1) is 23.3 Å². The van der Waals surface area contributed by atoms with Gasteiger partial charge in [-0.1, -0.05) is 18.2 Å². The number of aromatic nitrogens is 2. The highest BCUT2D eigenvalue weighted by atomic mass is 32.1. The highest BCUT2D eigenvalue weighted by molar-refractivity contribution is 7.10. The lowest BCUT2D eigenvalue weighted by Gasteiger charge is -2.12. The van der Waals surface area contributed by atoms with Crippen LogP contribution in [0.3, 0.4) is 0 Å². The van der Waals surface area contributed by atoms with Gasteiger partial charge in [0.1, 0.15) is 6.54 Å². The van der Waals surface area contributed by atoms with Gasteiger partial charge >= 0.3 is 5.97 Å². The summed E-state index contributed by atoms with van der Waals surface area (Å²) in [7, 11) is 0. The Labute approximate surface area is 153 Å². The summed E-state index contributed by atoms with van der Waals surface area (Å²) in [5.74, 6) is -1.08. The summed E-state index contributed by atoms with van der Waals surface area (Å²) < 4.78 is 6.12. The van der Waals surface area contributed by atoms with Crippen LogP contribution in [0.25, 0.3) is 10.9 Å². The van der Waals surface area contributed by atoms with E-state index in [1.165, 1.54) is 17.7 Å². The van der Waals surface area contributed by atoms with Crippen LogP contribution in [0, 0.1) is 0 Å². The van der Waals surface area contributed by atoms with Gasteiger partial charge in [0, 0.05) is 4.88 Å². The first-order valence-corrected chi connectivity index (χ1v) is 8.85. The van der Waals surface area contributed by atoms with Crippen LogP contribution in [0.1, 0.15) is 17.8 Å². The van der Waals surface area contributed by atoms with E-state index in [1.54, 1.807) is 24.3 Å². The third kappa shape index (κ3) is 4.15. The number of rotatable bonds is 6. The van der Waals surface area contributed by atoms with Crippen molar-refractivity contribution in [1.29, 1.82) is 0 Å². The second kappa shape index (κ2) is 7.92. The van der Waals surface area contributed by atoms with Crippen LogP contribution in [-0.2, 0) is 20.9 Å². The Kier molecular flexibility index (Phi) is 5.43. The van der Waals surface area contributed by atoms with Crippen LogP contribution in [0.5, 0.6) is 0 Å².